The average molecular weight is 276 g/mol. The molecule has 0 saturated carbocycles. The zero-order chi connectivity index (χ0) is 14.4. The summed E-state index contributed by atoms with van der Waals surface area (Å²) in [4.78, 5) is 14.3. The van der Waals surface area contributed by atoms with E-state index in [1.807, 2.05) is 37.3 Å². The summed E-state index contributed by atoms with van der Waals surface area (Å²) >= 11 is 0. The smallest absolute Gasteiger partial charge is 0.249 e. The molecule has 1 fully saturated rings. The van der Waals surface area contributed by atoms with Crippen LogP contribution in [0.4, 0.5) is 0 Å². The molecule has 1 N–H and O–H groups in total. The van der Waals surface area contributed by atoms with Gasteiger partial charge in [-0.1, -0.05) is 30.3 Å². The third kappa shape index (κ3) is 4.62. The van der Waals surface area contributed by atoms with Crippen LogP contribution in [-0.2, 0) is 16.1 Å². The predicted octanol–water partition coefficient (Wildman–Crippen LogP) is 1.80. The van der Waals surface area contributed by atoms with Gasteiger partial charge in [0.15, 0.2) is 0 Å². The minimum absolute atomic E-state index is 0.0127. The Morgan fingerprint density at radius 2 is 2.20 bits per heavy atom. The highest BCUT2D eigenvalue weighted by Gasteiger charge is 2.21. The first-order valence-electron chi connectivity index (χ1n) is 7.29. The summed E-state index contributed by atoms with van der Waals surface area (Å²) in [5.74, 6) is -0.0127. The Labute approximate surface area is 121 Å². The molecule has 1 amide bonds. The van der Waals surface area contributed by atoms with E-state index < -0.39 is 6.10 Å². The maximum absolute atomic E-state index is 12.1. The highest BCUT2D eigenvalue weighted by molar-refractivity contribution is 5.80. The molecule has 1 aromatic carbocycles. The fourth-order valence-electron chi connectivity index (χ4n) is 2.47. The molecule has 2 rings (SSSR count). The highest BCUT2D eigenvalue weighted by Crippen LogP contribution is 2.09. The quantitative estimate of drug-likeness (QED) is 0.891. The molecule has 0 radical (unpaired) electrons. The molecule has 2 unspecified atom stereocenters. The van der Waals surface area contributed by atoms with Gasteiger partial charge >= 0.3 is 0 Å². The number of rotatable bonds is 5. The van der Waals surface area contributed by atoms with Gasteiger partial charge in [-0.2, -0.15) is 0 Å². The van der Waals surface area contributed by atoms with E-state index in [0.29, 0.717) is 6.61 Å². The van der Waals surface area contributed by atoms with Gasteiger partial charge in [-0.15, -0.1) is 0 Å². The van der Waals surface area contributed by atoms with Gasteiger partial charge in [0.1, 0.15) is 6.10 Å². The third-order valence-corrected chi connectivity index (χ3v) is 3.68. The lowest BCUT2D eigenvalue weighted by atomic mass is 10.1. The molecule has 0 spiro atoms. The van der Waals surface area contributed by atoms with Crippen LogP contribution in [0.5, 0.6) is 0 Å². The molecule has 1 aliphatic rings. The summed E-state index contributed by atoms with van der Waals surface area (Å²) in [6, 6.07) is 10.2. The topological polar surface area (TPSA) is 41.6 Å². The Morgan fingerprint density at radius 3 is 2.90 bits per heavy atom. The van der Waals surface area contributed by atoms with Crippen molar-refractivity contribution in [2.75, 3.05) is 20.1 Å². The number of carbonyl (C=O) groups is 1. The first-order valence-corrected chi connectivity index (χ1v) is 7.29. The predicted molar refractivity (Wildman–Crippen MR) is 79.4 cm³/mol. The van der Waals surface area contributed by atoms with Crippen molar-refractivity contribution in [1.29, 1.82) is 0 Å². The van der Waals surface area contributed by atoms with E-state index >= 15 is 0 Å². The zero-order valence-electron chi connectivity index (χ0n) is 12.3. The van der Waals surface area contributed by atoms with E-state index in [0.717, 1.165) is 31.5 Å². The number of ether oxygens (including phenoxy) is 1. The van der Waals surface area contributed by atoms with Crippen LogP contribution >= 0.6 is 0 Å². The zero-order valence-corrected chi connectivity index (χ0v) is 12.3. The van der Waals surface area contributed by atoms with Crippen molar-refractivity contribution in [1.82, 2.24) is 10.2 Å². The Morgan fingerprint density at radius 1 is 1.45 bits per heavy atom. The molecular weight excluding hydrogens is 252 g/mol. The Bertz CT molecular complexity index is 422. The molecule has 4 nitrogen and oxygen atoms in total. The van der Waals surface area contributed by atoms with E-state index in [-0.39, 0.29) is 11.9 Å². The van der Waals surface area contributed by atoms with Gasteiger partial charge < -0.3 is 15.0 Å². The molecular formula is C16H24N2O2. The van der Waals surface area contributed by atoms with E-state index in [1.165, 1.54) is 0 Å². The Hall–Kier alpha value is -1.39. The SMILES string of the molecule is CC(OCc1ccccc1)C(=O)NC1CCCN(C)C1. The van der Waals surface area contributed by atoms with E-state index in [9.17, 15) is 4.79 Å². The van der Waals surface area contributed by atoms with E-state index in [4.69, 9.17) is 4.74 Å². The van der Waals surface area contributed by atoms with Crippen LogP contribution in [0.25, 0.3) is 0 Å². The van der Waals surface area contributed by atoms with Crippen LogP contribution in [0.3, 0.4) is 0 Å². The number of hydrogen-bond donors (Lipinski definition) is 1. The number of likely N-dealkylation sites (tertiary alicyclic amines) is 1. The third-order valence-electron chi connectivity index (χ3n) is 3.68. The molecule has 0 bridgehead atoms. The first-order chi connectivity index (χ1) is 9.65. The van der Waals surface area contributed by atoms with E-state index in [2.05, 4.69) is 17.3 Å². The average Bonchev–Trinajstić information content (AvgIpc) is 2.46. The second-order valence-electron chi connectivity index (χ2n) is 5.55. The summed E-state index contributed by atoms with van der Waals surface area (Å²) in [5, 5.41) is 3.08. The monoisotopic (exact) mass is 276 g/mol. The molecule has 1 saturated heterocycles. The van der Waals surface area contributed by atoms with Crippen molar-refractivity contribution < 1.29 is 9.53 Å². The first kappa shape index (κ1) is 15.0. The van der Waals surface area contributed by atoms with Crippen molar-refractivity contribution in [2.45, 2.75) is 38.5 Å². The fourth-order valence-corrected chi connectivity index (χ4v) is 2.47. The van der Waals surface area contributed by atoms with Crippen molar-refractivity contribution in [3.8, 4) is 0 Å². The Kier molecular flexibility index (Phi) is 5.56. The minimum atomic E-state index is -0.414. The second-order valence-corrected chi connectivity index (χ2v) is 5.55. The summed E-state index contributed by atoms with van der Waals surface area (Å²) < 4.78 is 5.63. The summed E-state index contributed by atoms with van der Waals surface area (Å²) in [5.41, 5.74) is 1.09. The number of benzene rings is 1. The number of hydrogen-bond acceptors (Lipinski definition) is 3. The summed E-state index contributed by atoms with van der Waals surface area (Å²) in [7, 11) is 2.09. The van der Waals surface area contributed by atoms with Crippen LogP contribution in [0.15, 0.2) is 30.3 Å². The molecule has 4 heteroatoms. The Balaban J connectivity index is 1.74. The molecule has 1 aromatic rings. The number of nitrogens with zero attached hydrogens (tertiary/aromatic N) is 1. The van der Waals surface area contributed by atoms with Crippen LogP contribution < -0.4 is 5.32 Å². The molecule has 0 aromatic heterocycles. The largest absolute Gasteiger partial charge is 0.364 e. The van der Waals surface area contributed by atoms with Crippen molar-refractivity contribution in [3.05, 3.63) is 35.9 Å². The summed E-state index contributed by atoms with van der Waals surface area (Å²) in [6.07, 6.45) is 1.78. The molecule has 2 atom stereocenters. The van der Waals surface area contributed by atoms with Crippen LogP contribution in [-0.4, -0.2) is 43.1 Å². The second kappa shape index (κ2) is 7.41. The molecule has 20 heavy (non-hydrogen) atoms. The lowest BCUT2D eigenvalue weighted by molar-refractivity contribution is -0.133. The maximum atomic E-state index is 12.1. The van der Waals surface area contributed by atoms with Gasteiger partial charge in [-0.3, -0.25) is 4.79 Å². The van der Waals surface area contributed by atoms with Crippen molar-refractivity contribution in [3.63, 3.8) is 0 Å². The molecule has 1 aliphatic heterocycles. The highest BCUT2D eigenvalue weighted by atomic mass is 16.5. The lowest BCUT2D eigenvalue weighted by Crippen LogP contribution is -2.49. The molecule has 110 valence electrons. The number of amides is 1. The van der Waals surface area contributed by atoms with Gasteiger partial charge in [0, 0.05) is 12.6 Å². The number of piperidine rings is 1. The van der Waals surface area contributed by atoms with Gasteiger partial charge in [0.05, 0.1) is 6.61 Å². The minimum Gasteiger partial charge on any atom is -0.364 e. The lowest BCUT2D eigenvalue weighted by Gasteiger charge is -2.30. The molecule has 0 aliphatic carbocycles. The van der Waals surface area contributed by atoms with Crippen molar-refractivity contribution in [2.24, 2.45) is 0 Å². The number of likely N-dealkylation sites (N-methyl/N-ethyl adjacent to an activating group) is 1. The van der Waals surface area contributed by atoms with Crippen LogP contribution in [0, 0.1) is 0 Å². The standard InChI is InChI=1S/C16H24N2O2/c1-13(20-12-14-7-4-3-5-8-14)16(19)17-15-9-6-10-18(2)11-15/h3-5,7-8,13,15H,6,9-12H2,1-2H3,(H,17,19). The summed E-state index contributed by atoms with van der Waals surface area (Å²) in [6.45, 7) is 4.33. The van der Waals surface area contributed by atoms with Gasteiger partial charge in [-0.05, 0) is 38.9 Å². The van der Waals surface area contributed by atoms with Gasteiger partial charge in [-0.25, -0.2) is 0 Å². The van der Waals surface area contributed by atoms with Gasteiger partial charge in [0.25, 0.3) is 0 Å². The number of carbonyl (C=O) groups excluding carboxylic acids is 1. The van der Waals surface area contributed by atoms with Crippen LogP contribution in [0.1, 0.15) is 25.3 Å². The van der Waals surface area contributed by atoms with E-state index in [1.54, 1.807) is 0 Å². The fraction of sp³-hybridized carbons (Fsp3) is 0.562. The maximum Gasteiger partial charge on any atom is 0.249 e. The van der Waals surface area contributed by atoms with Gasteiger partial charge in [0.2, 0.25) is 5.91 Å². The number of nitrogens with one attached hydrogen (secondary N) is 1. The van der Waals surface area contributed by atoms with Crippen molar-refractivity contribution >= 4 is 5.91 Å². The normalized spacial score (nSPS) is 21.4. The molecule has 1 heterocycles. The van der Waals surface area contributed by atoms with Crippen LogP contribution in [0.2, 0.25) is 0 Å².